The second-order valence-electron chi connectivity index (χ2n) is 9.57. The third-order valence-corrected chi connectivity index (χ3v) is 7.01. The maximum atomic E-state index is 14.6. The molecular formula is C25H29Cl2F3N6O. The molecule has 3 aromatic heterocycles. The number of rotatable bonds is 5. The van der Waals surface area contributed by atoms with Crippen molar-refractivity contribution in [2.24, 2.45) is 5.73 Å². The molecule has 1 aromatic carbocycles. The van der Waals surface area contributed by atoms with Gasteiger partial charge in [0.05, 0.1) is 6.10 Å². The molecule has 12 heteroatoms. The molecule has 0 amide bonds. The van der Waals surface area contributed by atoms with E-state index in [1.165, 1.54) is 25.3 Å². The highest BCUT2D eigenvalue weighted by atomic mass is 35.5. The number of nitrogens with zero attached hydrogens (tertiary/aromatic N) is 4. The Labute approximate surface area is 224 Å². The first kappa shape index (κ1) is 28.9. The molecular weight excluding hydrogens is 528 g/mol. The van der Waals surface area contributed by atoms with E-state index in [2.05, 4.69) is 15.5 Å². The van der Waals surface area contributed by atoms with Gasteiger partial charge in [-0.25, -0.2) is 4.98 Å². The first-order valence-corrected chi connectivity index (χ1v) is 11.5. The smallest absolute Gasteiger partial charge is 0.400 e. The second kappa shape index (κ2) is 10.2. The molecule has 1 aliphatic heterocycles. The number of hydrogen-bond donors (Lipinski definition) is 2. The van der Waals surface area contributed by atoms with Crippen molar-refractivity contribution < 1.29 is 17.9 Å². The molecule has 2 atom stereocenters. The topological polar surface area (TPSA) is 90.4 Å². The summed E-state index contributed by atoms with van der Waals surface area (Å²) < 4.78 is 51.2. The van der Waals surface area contributed by atoms with Gasteiger partial charge in [-0.3, -0.25) is 4.40 Å². The van der Waals surface area contributed by atoms with Gasteiger partial charge in [-0.2, -0.15) is 13.2 Å². The number of para-hydroxylation sites is 1. The van der Waals surface area contributed by atoms with Crippen molar-refractivity contribution in [2.45, 2.75) is 50.4 Å². The third-order valence-electron chi connectivity index (χ3n) is 7.01. The van der Waals surface area contributed by atoms with Crippen molar-refractivity contribution in [1.29, 1.82) is 0 Å². The minimum atomic E-state index is -4.57. The third kappa shape index (κ3) is 4.71. The van der Waals surface area contributed by atoms with Gasteiger partial charge < -0.3 is 15.8 Å². The largest absolute Gasteiger partial charge is 0.489 e. The Morgan fingerprint density at radius 2 is 1.84 bits per heavy atom. The van der Waals surface area contributed by atoms with Gasteiger partial charge in [-0.15, -0.1) is 35.0 Å². The van der Waals surface area contributed by atoms with Gasteiger partial charge in [-0.1, -0.05) is 24.3 Å². The fraction of sp³-hybridized carbons (Fsp3) is 0.400. The van der Waals surface area contributed by atoms with E-state index < -0.39 is 17.1 Å². The van der Waals surface area contributed by atoms with Gasteiger partial charge in [0.2, 0.25) is 0 Å². The van der Waals surface area contributed by atoms with Crippen LogP contribution in [0.15, 0.2) is 48.7 Å². The number of nitrogens with one attached hydrogen (secondary N) is 1. The van der Waals surface area contributed by atoms with Crippen LogP contribution in [0.4, 0.5) is 13.2 Å². The summed E-state index contributed by atoms with van der Waals surface area (Å²) >= 11 is 0. The van der Waals surface area contributed by atoms with Gasteiger partial charge in [0.15, 0.2) is 11.5 Å². The molecule has 0 bridgehead atoms. The van der Waals surface area contributed by atoms with Gasteiger partial charge in [0.25, 0.3) is 0 Å². The van der Waals surface area contributed by atoms with Crippen molar-refractivity contribution in [3.8, 4) is 17.3 Å². The standard InChI is InChI=1S/C25H27F3N6O.2ClH/c1-15(2)35-19-6-4-5-16-7-9-18(31-21(16)19)22-33-32-20-10-8-17(13-34(20)22)23(3,25(26,27)28)24(29)11-12-30-14-24;;/h4-10,13,15,30H,11-12,14,29H2,1-3H3;2*1H/t23-,24-;;/m0../s1. The minimum absolute atomic E-state index is 0. The summed E-state index contributed by atoms with van der Waals surface area (Å²) in [4.78, 5) is 4.75. The highest BCUT2D eigenvalue weighted by Crippen LogP contribution is 2.49. The monoisotopic (exact) mass is 556 g/mol. The van der Waals surface area contributed by atoms with Gasteiger partial charge in [0, 0.05) is 23.7 Å². The van der Waals surface area contributed by atoms with Crippen molar-refractivity contribution >= 4 is 41.4 Å². The molecule has 4 heterocycles. The second-order valence-corrected chi connectivity index (χ2v) is 9.57. The van der Waals surface area contributed by atoms with Crippen molar-refractivity contribution in [2.75, 3.05) is 13.1 Å². The molecule has 200 valence electrons. The summed E-state index contributed by atoms with van der Waals surface area (Å²) in [6, 6.07) is 12.3. The Balaban J connectivity index is 0.00000190. The summed E-state index contributed by atoms with van der Waals surface area (Å²) in [5, 5.41) is 12.3. The number of nitrogens with two attached hydrogens (primary N) is 1. The Morgan fingerprint density at radius 3 is 2.49 bits per heavy atom. The van der Waals surface area contributed by atoms with Crippen molar-refractivity contribution in [3.05, 3.63) is 54.2 Å². The predicted molar refractivity (Wildman–Crippen MR) is 142 cm³/mol. The normalized spacial score (nSPS) is 19.5. The Bertz CT molecular complexity index is 1400. The van der Waals surface area contributed by atoms with Crippen LogP contribution in [0.5, 0.6) is 5.75 Å². The number of hydrogen-bond acceptors (Lipinski definition) is 6. The molecule has 0 aliphatic carbocycles. The van der Waals surface area contributed by atoms with Crippen LogP contribution in [0.2, 0.25) is 0 Å². The first-order valence-electron chi connectivity index (χ1n) is 11.5. The summed E-state index contributed by atoms with van der Waals surface area (Å²) in [7, 11) is 0. The van der Waals surface area contributed by atoms with E-state index in [1.54, 1.807) is 10.5 Å². The van der Waals surface area contributed by atoms with E-state index in [9.17, 15) is 13.2 Å². The van der Waals surface area contributed by atoms with E-state index in [0.29, 0.717) is 35.0 Å². The van der Waals surface area contributed by atoms with Gasteiger partial charge in [-0.05, 0) is 57.5 Å². The van der Waals surface area contributed by atoms with E-state index >= 15 is 0 Å². The van der Waals surface area contributed by atoms with Crippen LogP contribution >= 0.6 is 24.8 Å². The summed E-state index contributed by atoms with van der Waals surface area (Å²) in [5.41, 5.74) is 4.20. The maximum Gasteiger partial charge on any atom is 0.400 e. The fourth-order valence-corrected chi connectivity index (χ4v) is 4.83. The number of ether oxygens (including phenoxy) is 1. The highest BCUT2D eigenvalue weighted by Gasteiger charge is 2.63. The van der Waals surface area contributed by atoms with Crippen molar-refractivity contribution in [1.82, 2.24) is 24.9 Å². The summed E-state index contributed by atoms with van der Waals surface area (Å²) in [6.45, 7) is 5.54. The van der Waals surface area contributed by atoms with E-state index in [1.807, 2.05) is 38.1 Å². The molecule has 0 unspecified atom stereocenters. The Kier molecular flexibility index (Phi) is 8.00. The number of fused-ring (bicyclic) bond motifs is 2. The van der Waals surface area contributed by atoms with Crippen LogP contribution in [0.1, 0.15) is 32.8 Å². The SMILES string of the molecule is CC(C)Oc1cccc2ccc(-c3nnc4ccc([C@](C)(C(F)(F)F)[C@]5(N)CCNC5)cn34)nc12.Cl.Cl. The van der Waals surface area contributed by atoms with E-state index in [-0.39, 0.29) is 49.4 Å². The molecule has 1 saturated heterocycles. The molecule has 37 heavy (non-hydrogen) atoms. The average molecular weight is 557 g/mol. The molecule has 5 rings (SSSR count). The molecule has 0 spiro atoms. The number of benzene rings is 1. The molecule has 1 aliphatic rings. The summed E-state index contributed by atoms with van der Waals surface area (Å²) in [5.74, 6) is 0.959. The zero-order chi connectivity index (χ0) is 25.0. The lowest BCUT2D eigenvalue weighted by Crippen LogP contribution is -2.64. The molecule has 0 saturated carbocycles. The van der Waals surface area contributed by atoms with Crippen LogP contribution in [0.3, 0.4) is 0 Å². The Hall–Kier alpha value is -2.66. The summed E-state index contributed by atoms with van der Waals surface area (Å²) in [6.07, 6.45) is -2.97. The maximum absolute atomic E-state index is 14.6. The van der Waals surface area contributed by atoms with Crippen LogP contribution in [0, 0.1) is 0 Å². The van der Waals surface area contributed by atoms with Gasteiger partial charge >= 0.3 is 6.18 Å². The Morgan fingerprint density at radius 1 is 1.08 bits per heavy atom. The van der Waals surface area contributed by atoms with E-state index in [0.717, 1.165) is 5.39 Å². The zero-order valence-electron chi connectivity index (χ0n) is 20.5. The fourth-order valence-electron chi connectivity index (χ4n) is 4.83. The molecule has 0 radical (unpaired) electrons. The molecule has 7 nitrogen and oxygen atoms in total. The van der Waals surface area contributed by atoms with Crippen molar-refractivity contribution in [3.63, 3.8) is 0 Å². The van der Waals surface area contributed by atoms with Crippen LogP contribution in [-0.2, 0) is 5.41 Å². The quantitative estimate of drug-likeness (QED) is 0.356. The highest BCUT2D eigenvalue weighted by molar-refractivity contribution is 5.86. The predicted octanol–water partition coefficient (Wildman–Crippen LogP) is 5.09. The lowest BCUT2D eigenvalue weighted by atomic mass is 9.66. The lowest BCUT2D eigenvalue weighted by molar-refractivity contribution is -0.203. The number of pyridine rings is 2. The number of halogens is 5. The molecule has 4 aromatic rings. The van der Waals surface area contributed by atoms with Crippen LogP contribution in [-0.4, -0.2) is 50.5 Å². The van der Waals surface area contributed by atoms with Crippen LogP contribution < -0.4 is 15.8 Å². The number of alkyl halides is 3. The lowest BCUT2D eigenvalue weighted by Gasteiger charge is -2.45. The average Bonchev–Trinajstić information content (AvgIpc) is 3.44. The van der Waals surface area contributed by atoms with Gasteiger partial charge in [0.1, 0.15) is 22.4 Å². The number of aromatic nitrogens is 4. The molecule has 1 fully saturated rings. The van der Waals surface area contributed by atoms with Crippen LogP contribution in [0.25, 0.3) is 28.1 Å². The zero-order valence-corrected chi connectivity index (χ0v) is 22.2. The minimum Gasteiger partial charge on any atom is -0.489 e. The van der Waals surface area contributed by atoms with E-state index in [4.69, 9.17) is 15.5 Å². The first-order chi connectivity index (χ1) is 16.5. The molecule has 3 N–H and O–H groups in total.